The van der Waals surface area contributed by atoms with Crippen LogP contribution in [0.4, 0.5) is 10.5 Å². The first-order valence-electron chi connectivity index (χ1n) is 10.3. The van der Waals surface area contributed by atoms with Crippen LogP contribution in [0, 0.1) is 0 Å². The Bertz CT molecular complexity index is 1300. The minimum atomic E-state index is -5.25. The van der Waals surface area contributed by atoms with Crippen LogP contribution in [0.1, 0.15) is 33.2 Å². The van der Waals surface area contributed by atoms with E-state index >= 15 is 0 Å². The largest absolute Gasteiger partial charge is 0.478 e. The smallest absolute Gasteiger partial charge is 0.408 e. The van der Waals surface area contributed by atoms with Crippen LogP contribution >= 0.6 is 0 Å². The Hall–Kier alpha value is -4.74. The van der Waals surface area contributed by atoms with E-state index in [4.69, 9.17) is 4.74 Å². The SMILES string of the molecule is C[C@H](NC(=O)OCc1ccccc1)C(=O)NC(C(=O)O)N(NS(=O)(=O)O)c1cc(C(=O)O)cc(C(=O)O)c1. The normalized spacial score (nSPS) is 12.5. The number of nitrogens with one attached hydrogen (secondary N) is 3. The van der Waals surface area contributed by atoms with Crippen molar-refractivity contribution in [3.63, 3.8) is 0 Å². The number of ether oxygens (including phenoxy) is 1. The summed E-state index contributed by atoms with van der Waals surface area (Å²) in [5.74, 6) is -6.40. The van der Waals surface area contributed by atoms with Crippen molar-refractivity contribution in [1.82, 2.24) is 15.5 Å². The number of aromatic carboxylic acids is 2. The molecule has 2 atom stereocenters. The lowest BCUT2D eigenvalue weighted by Crippen LogP contribution is -2.62. The molecule has 16 nitrogen and oxygen atoms in total. The molecule has 2 aromatic rings. The van der Waals surface area contributed by atoms with Gasteiger partial charge in [0, 0.05) is 0 Å². The van der Waals surface area contributed by atoms with Crippen molar-refractivity contribution in [3.8, 4) is 0 Å². The second-order valence-corrected chi connectivity index (χ2v) is 8.63. The summed E-state index contributed by atoms with van der Waals surface area (Å²) in [6.45, 7) is 1.00. The number of aliphatic carboxylic acids is 1. The molecule has 2 aromatic carbocycles. The number of hydrazine groups is 1. The van der Waals surface area contributed by atoms with Gasteiger partial charge in [-0.15, -0.1) is 4.83 Å². The Morgan fingerprint density at radius 3 is 1.95 bits per heavy atom. The molecule has 2 amide bonds. The number of anilines is 1. The molecule has 204 valence electrons. The molecule has 0 spiro atoms. The molecule has 7 N–H and O–H groups in total. The summed E-state index contributed by atoms with van der Waals surface area (Å²) in [5.41, 5.74) is -1.42. The van der Waals surface area contributed by atoms with Gasteiger partial charge in [-0.2, -0.15) is 8.42 Å². The van der Waals surface area contributed by atoms with E-state index in [0.29, 0.717) is 23.8 Å². The van der Waals surface area contributed by atoms with Crippen LogP contribution in [0.5, 0.6) is 0 Å². The number of carboxylic acid groups (broad SMARTS) is 3. The number of carbonyl (C=O) groups excluding carboxylic acids is 2. The van der Waals surface area contributed by atoms with Gasteiger partial charge in [-0.3, -0.25) is 14.4 Å². The van der Waals surface area contributed by atoms with Crippen molar-refractivity contribution < 1.29 is 57.0 Å². The summed E-state index contributed by atoms with van der Waals surface area (Å²) in [6, 6.07) is 9.16. The van der Waals surface area contributed by atoms with E-state index < -0.39 is 69.2 Å². The molecule has 0 heterocycles. The van der Waals surface area contributed by atoms with Gasteiger partial charge in [0.25, 0.3) is 0 Å². The van der Waals surface area contributed by atoms with Crippen LogP contribution in [0.2, 0.25) is 0 Å². The van der Waals surface area contributed by atoms with Crippen molar-refractivity contribution >= 4 is 45.9 Å². The summed E-state index contributed by atoms with van der Waals surface area (Å²) in [7, 11) is -5.25. The molecule has 2 rings (SSSR count). The molecular formula is C21H22N4O12S. The van der Waals surface area contributed by atoms with E-state index in [1.165, 1.54) is 4.83 Å². The van der Waals surface area contributed by atoms with Crippen molar-refractivity contribution in [1.29, 1.82) is 0 Å². The lowest BCUT2D eigenvalue weighted by atomic mass is 10.1. The Balaban J connectivity index is 2.30. The van der Waals surface area contributed by atoms with Crippen LogP contribution in [0.3, 0.4) is 0 Å². The molecule has 0 aliphatic rings. The Morgan fingerprint density at radius 1 is 0.921 bits per heavy atom. The number of amides is 2. The van der Waals surface area contributed by atoms with E-state index in [2.05, 4.69) is 5.32 Å². The summed E-state index contributed by atoms with van der Waals surface area (Å²) < 4.78 is 37.3. The second-order valence-electron chi connectivity index (χ2n) is 7.49. The molecule has 0 saturated carbocycles. The van der Waals surface area contributed by atoms with Gasteiger partial charge in [-0.25, -0.2) is 19.2 Å². The number of carboxylic acids is 3. The first-order valence-corrected chi connectivity index (χ1v) is 11.8. The molecule has 0 fully saturated rings. The van der Waals surface area contributed by atoms with E-state index in [1.807, 2.05) is 5.32 Å². The van der Waals surface area contributed by atoms with Crippen LogP contribution in [-0.2, 0) is 31.2 Å². The maximum absolute atomic E-state index is 12.6. The van der Waals surface area contributed by atoms with Gasteiger partial charge in [0.05, 0.1) is 16.8 Å². The van der Waals surface area contributed by atoms with Gasteiger partial charge >= 0.3 is 34.3 Å². The molecule has 0 radical (unpaired) electrons. The fraction of sp³-hybridized carbons (Fsp3) is 0.190. The standard InChI is InChI=1S/C21H22N4O12S/c1-11(22-21(33)37-10-12-5-3-2-4-6-12)17(26)23-16(20(31)32)25(24-38(34,35)36)15-8-13(18(27)28)7-14(9-15)19(29)30/h2-9,11,16,24H,10H2,1H3,(H,22,33)(H,23,26)(H,27,28)(H,29,30)(H,31,32)(H,34,35,36)/t11-,16?/m0/s1. The molecule has 0 aliphatic heterocycles. The lowest BCUT2D eigenvalue weighted by molar-refractivity contribution is -0.142. The fourth-order valence-corrected chi connectivity index (χ4v) is 3.34. The minimum absolute atomic E-state index is 0.106. The molecule has 0 aliphatic carbocycles. The molecule has 0 saturated heterocycles. The summed E-state index contributed by atoms with van der Waals surface area (Å²) >= 11 is 0. The molecule has 17 heteroatoms. The van der Waals surface area contributed by atoms with E-state index in [1.54, 1.807) is 30.3 Å². The van der Waals surface area contributed by atoms with Crippen LogP contribution < -0.4 is 20.5 Å². The second kappa shape index (κ2) is 12.5. The van der Waals surface area contributed by atoms with Crippen molar-refractivity contribution in [2.75, 3.05) is 5.01 Å². The maximum Gasteiger partial charge on any atom is 0.408 e. The number of nitrogens with zero attached hydrogens (tertiary/aromatic N) is 1. The Kier molecular flexibility index (Phi) is 9.68. The third-order valence-corrected chi connectivity index (χ3v) is 5.04. The summed E-state index contributed by atoms with van der Waals surface area (Å²) in [4.78, 5) is 60.8. The predicted octanol–water partition coefficient (Wildman–Crippen LogP) is 0.0386. The van der Waals surface area contributed by atoms with Crippen LogP contribution in [0.25, 0.3) is 0 Å². The minimum Gasteiger partial charge on any atom is -0.478 e. The van der Waals surface area contributed by atoms with E-state index in [-0.39, 0.29) is 11.6 Å². The third kappa shape index (κ3) is 8.73. The predicted molar refractivity (Wildman–Crippen MR) is 126 cm³/mol. The molecule has 1 unspecified atom stereocenters. The quantitative estimate of drug-likeness (QED) is 0.104. The zero-order valence-electron chi connectivity index (χ0n) is 19.4. The van der Waals surface area contributed by atoms with Gasteiger partial charge < -0.3 is 30.7 Å². The third-order valence-electron chi connectivity index (χ3n) is 4.62. The van der Waals surface area contributed by atoms with Crippen LogP contribution in [0.15, 0.2) is 48.5 Å². The lowest BCUT2D eigenvalue weighted by Gasteiger charge is -2.31. The average molecular weight is 554 g/mol. The summed E-state index contributed by atoms with van der Waals surface area (Å²) in [5, 5.41) is 32.3. The number of alkyl carbamates (subject to hydrolysis) is 1. The van der Waals surface area contributed by atoms with Gasteiger partial charge in [0.1, 0.15) is 12.6 Å². The van der Waals surface area contributed by atoms with Crippen molar-refractivity contribution in [2.45, 2.75) is 25.7 Å². The van der Waals surface area contributed by atoms with Gasteiger partial charge in [-0.05, 0) is 30.7 Å². The average Bonchev–Trinajstić information content (AvgIpc) is 2.84. The zero-order chi connectivity index (χ0) is 28.6. The Labute approximate surface area is 214 Å². The number of hydrogen-bond donors (Lipinski definition) is 7. The number of benzene rings is 2. The highest BCUT2D eigenvalue weighted by Gasteiger charge is 2.33. The topological polar surface area (TPSA) is 249 Å². The maximum atomic E-state index is 12.6. The number of hydrogen-bond acceptors (Lipinski definition) is 9. The van der Waals surface area contributed by atoms with Gasteiger partial charge in [0.2, 0.25) is 12.1 Å². The number of rotatable bonds is 12. The van der Waals surface area contributed by atoms with Gasteiger partial charge in [0.15, 0.2) is 0 Å². The fourth-order valence-electron chi connectivity index (χ4n) is 2.88. The van der Waals surface area contributed by atoms with Crippen LogP contribution in [-0.4, -0.2) is 70.4 Å². The molecular weight excluding hydrogens is 532 g/mol. The summed E-state index contributed by atoms with van der Waals surface area (Å²) in [6.07, 6.45) is -3.42. The number of carbonyl (C=O) groups is 5. The van der Waals surface area contributed by atoms with E-state index in [0.717, 1.165) is 6.92 Å². The molecule has 0 aromatic heterocycles. The highest BCUT2D eigenvalue weighted by atomic mass is 32.2. The van der Waals surface area contributed by atoms with E-state index in [9.17, 15) is 52.3 Å². The molecule has 0 bridgehead atoms. The van der Waals surface area contributed by atoms with Crippen molar-refractivity contribution in [2.24, 2.45) is 0 Å². The van der Waals surface area contributed by atoms with Gasteiger partial charge in [-0.1, -0.05) is 30.3 Å². The molecule has 38 heavy (non-hydrogen) atoms. The zero-order valence-corrected chi connectivity index (χ0v) is 20.2. The first kappa shape index (κ1) is 29.5. The highest BCUT2D eigenvalue weighted by Crippen LogP contribution is 2.21. The highest BCUT2D eigenvalue weighted by molar-refractivity contribution is 7.83. The van der Waals surface area contributed by atoms with Crippen molar-refractivity contribution in [3.05, 3.63) is 65.2 Å². The Morgan fingerprint density at radius 2 is 1.47 bits per heavy atom. The first-order chi connectivity index (χ1) is 17.7. The monoisotopic (exact) mass is 554 g/mol.